The van der Waals surface area contributed by atoms with Crippen molar-refractivity contribution in [3.63, 3.8) is 0 Å². The molecule has 1 saturated heterocycles. The molecular weight excluding hydrogens is 488 g/mol. The summed E-state index contributed by atoms with van der Waals surface area (Å²) < 4.78 is 1.28. The van der Waals surface area contributed by atoms with Crippen molar-refractivity contribution in [1.82, 2.24) is 30.4 Å². The second-order valence-electron chi connectivity index (χ2n) is 8.81. The molecule has 11 heteroatoms. The van der Waals surface area contributed by atoms with Crippen molar-refractivity contribution in [2.24, 2.45) is 0 Å². The van der Waals surface area contributed by atoms with E-state index in [1.54, 1.807) is 23.6 Å². The first kappa shape index (κ1) is 24.6. The zero-order valence-corrected chi connectivity index (χ0v) is 21.2. The highest BCUT2D eigenvalue weighted by Crippen LogP contribution is 2.39. The Morgan fingerprint density at radius 2 is 1.97 bits per heavy atom. The maximum absolute atomic E-state index is 9.00. The highest BCUT2D eigenvalue weighted by molar-refractivity contribution is 7.22. The van der Waals surface area contributed by atoms with Gasteiger partial charge in [-0.05, 0) is 47.3 Å². The van der Waals surface area contributed by atoms with Crippen molar-refractivity contribution in [1.29, 1.82) is 0 Å². The molecule has 3 aromatic heterocycles. The fraction of sp³-hybridized carbons (Fsp3) is 0.231. The van der Waals surface area contributed by atoms with Crippen molar-refractivity contribution in [3.05, 3.63) is 60.4 Å². The largest absolute Gasteiger partial charge is 0.481 e. The first-order chi connectivity index (χ1) is 17.9. The summed E-state index contributed by atoms with van der Waals surface area (Å²) in [5.41, 5.74) is 10.2. The SMILES string of the molecule is CC(=O)O.Nc1nccc(Nc2cc(-c3cc4cc(CN5CCNCC5)ccc4s3)c3[nH]ncc3c2)n1. The third-order valence-electron chi connectivity index (χ3n) is 5.96. The Balaban J connectivity index is 0.000000655. The van der Waals surface area contributed by atoms with Gasteiger partial charge < -0.3 is 21.5 Å². The van der Waals surface area contributed by atoms with Gasteiger partial charge in [-0.25, -0.2) is 4.98 Å². The van der Waals surface area contributed by atoms with Gasteiger partial charge in [-0.15, -0.1) is 11.3 Å². The summed E-state index contributed by atoms with van der Waals surface area (Å²) in [4.78, 5) is 20.9. The average Bonchev–Trinajstić information content (AvgIpc) is 3.51. The Morgan fingerprint density at radius 3 is 2.76 bits per heavy atom. The van der Waals surface area contributed by atoms with E-state index in [4.69, 9.17) is 15.6 Å². The van der Waals surface area contributed by atoms with Gasteiger partial charge in [-0.2, -0.15) is 10.1 Å². The van der Waals surface area contributed by atoms with Crippen molar-refractivity contribution in [2.45, 2.75) is 13.5 Å². The van der Waals surface area contributed by atoms with Crippen LogP contribution >= 0.6 is 11.3 Å². The molecule has 0 saturated carbocycles. The third kappa shape index (κ3) is 6.02. The van der Waals surface area contributed by atoms with Crippen LogP contribution in [0.15, 0.2) is 54.9 Å². The maximum atomic E-state index is 9.00. The Bertz CT molecular complexity index is 1540. The van der Waals surface area contributed by atoms with Crippen LogP contribution in [0.4, 0.5) is 17.5 Å². The lowest BCUT2D eigenvalue weighted by molar-refractivity contribution is -0.134. The fourth-order valence-electron chi connectivity index (χ4n) is 4.37. The van der Waals surface area contributed by atoms with Gasteiger partial charge in [-0.3, -0.25) is 14.8 Å². The number of piperazine rings is 1. The van der Waals surface area contributed by atoms with Crippen molar-refractivity contribution in [2.75, 3.05) is 37.2 Å². The van der Waals surface area contributed by atoms with Crippen LogP contribution in [-0.2, 0) is 11.3 Å². The number of aliphatic carboxylic acids is 1. The molecule has 0 aliphatic carbocycles. The minimum absolute atomic E-state index is 0.241. The van der Waals surface area contributed by atoms with E-state index in [0.29, 0.717) is 5.82 Å². The molecule has 0 amide bonds. The van der Waals surface area contributed by atoms with Crippen molar-refractivity contribution in [3.8, 4) is 10.4 Å². The average molecular weight is 517 g/mol. The Labute approximate surface area is 217 Å². The van der Waals surface area contributed by atoms with Crippen LogP contribution in [0.1, 0.15) is 12.5 Å². The number of nitrogens with zero attached hydrogens (tertiary/aromatic N) is 4. The number of nitrogens with two attached hydrogens (primary N) is 1. The number of hydrogen-bond donors (Lipinski definition) is 5. The summed E-state index contributed by atoms with van der Waals surface area (Å²) in [6, 6.07) is 15.1. The van der Waals surface area contributed by atoms with Gasteiger partial charge in [0.25, 0.3) is 5.97 Å². The fourth-order valence-corrected chi connectivity index (χ4v) is 5.43. The number of carboxylic acid groups (broad SMARTS) is 1. The first-order valence-corrected chi connectivity index (χ1v) is 12.7. The van der Waals surface area contributed by atoms with Gasteiger partial charge in [0.2, 0.25) is 5.95 Å². The van der Waals surface area contributed by atoms with E-state index in [0.717, 1.165) is 61.8 Å². The van der Waals surface area contributed by atoms with E-state index in [1.807, 2.05) is 6.20 Å². The highest BCUT2D eigenvalue weighted by Gasteiger charge is 2.14. The number of rotatable bonds is 5. The standard InChI is InChI=1S/C24H24N8S.C2H4O2/c25-24-27-4-3-22(30-24)29-18-10-17-13-28-31-23(17)19(12-18)21-11-16-9-15(1-2-20(16)33-21)14-32-7-5-26-6-8-32;1-2(3)4/h1-4,9-13,26H,5-8,14H2,(H,28,31)(H3,25,27,29,30);1H3,(H,3,4). The summed E-state index contributed by atoms with van der Waals surface area (Å²) >= 11 is 1.80. The molecule has 190 valence electrons. The number of hydrogen-bond acceptors (Lipinski definition) is 9. The number of carboxylic acids is 1. The topological polar surface area (TPSA) is 145 Å². The summed E-state index contributed by atoms with van der Waals surface area (Å²) in [6.45, 7) is 6.41. The second kappa shape index (κ2) is 10.9. The van der Waals surface area contributed by atoms with E-state index in [2.05, 4.69) is 72.1 Å². The summed E-state index contributed by atoms with van der Waals surface area (Å²) in [6.07, 6.45) is 3.49. The number of benzene rings is 2. The molecule has 10 nitrogen and oxygen atoms in total. The van der Waals surface area contributed by atoms with Crippen LogP contribution < -0.4 is 16.4 Å². The zero-order valence-electron chi connectivity index (χ0n) is 20.4. The molecule has 0 atom stereocenters. The number of nitrogen functional groups attached to an aromatic ring is 1. The van der Waals surface area contributed by atoms with Crippen LogP contribution in [0.3, 0.4) is 0 Å². The van der Waals surface area contributed by atoms with E-state index in [-0.39, 0.29) is 5.95 Å². The number of aromatic amines is 1. The Kier molecular flexibility index (Phi) is 7.26. The monoisotopic (exact) mass is 516 g/mol. The summed E-state index contributed by atoms with van der Waals surface area (Å²) in [5.74, 6) is 0.0657. The van der Waals surface area contributed by atoms with Gasteiger partial charge >= 0.3 is 0 Å². The third-order valence-corrected chi connectivity index (χ3v) is 7.11. The number of fused-ring (bicyclic) bond motifs is 2. The molecule has 1 fully saturated rings. The predicted octanol–water partition coefficient (Wildman–Crippen LogP) is 4.06. The van der Waals surface area contributed by atoms with Crippen molar-refractivity contribution >= 4 is 55.7 Å². The number of thiophene rings is 1. The molecule has 1 aliphatic rings. The molecule has 37 heavy (non-hydrogen) atoms. The molecule has 0 unspecified atom stereocenters. The Hall–Kier alpha value is -4.06. The predicted molar refractivity (Wildman–Crippen MR) is 148 cm³/mol. The Morgan fingerprint density at radius 1 is 1.16 bits per heavy atom. The van der Waals surface area contributed by atoms with Gasteiger partial charge in [0.05, 0.1) is 11.7 Å². The van der Waals surface area contributed by atoms with Gasteiger partial charge in [-0.1, -0.05) is 6.07 Å². The summed E-state index contributed by atoms with van der Waals surface area (Å²) in [5, 5.41) is 23.9. The molecule has 6 N–H and O–H groups in total. The van der Waals surface area contributed by atoms with Crippen LogP contribution in [0, 0.1) is 0 Å². The number of carbonyl (C=O) groups is 1. The quantitative estimate of drug-likeness (QED) is 0.233. The van der Waals surface area contributed by atoms with Gasteiger partial charge in [0.1, 0.15) is 5.82 Å². The van der Waals surface area contributed by atoms with E-state index in [1.165, 1.54) is 20.5 Å². The summed E-state index contributed by atoms with van der Waals surface area (Å²) in [7, 11) is 0. The second-order valence-corrected chi connectivity index (χ2v) is 9.89. The minimum Gasteiger partial charge on any atom is -0.481 e. The van der Waals surface area contributed by atoms with Crippen LogP contribution in [0.25, 0.3) is 31.4 Å². The van der Waals surface area contributed by atoms with Crippen molar-refractivity contribution < 1.29 is 9.90 Å². The lowest BCUT2D eigenvalue weighted by atomic mass is 10.1. The van der Waals surface area contributed by atoms with Crippen LogP contribution in [0.2, 0.25) is 0 Å². The molecule has 5 aromatic rings. The number of aromatic nitrogens is 4. The molecule has 2 aromatic carbocycles. The molecule has 0 spiro atoms. The van der Waals surface area contributed by atoms with E-state index in [9.17, 15) is 0 Å². The number of anilines is 3. The molecule has 0 bridgehead atoms. The van der Waals surface area contributed by atoms with Crippen LogP contribution in [-0.4, -0.2) is 62.3 Å². The zero-order chi connectivity index (χ0) is 25.8. The number of nitrogens with one attached hydrogen (secondary N) is 3. The molecule has 0 radical (unpaired) electrons. The normalized spacial score (nSPS) is 13.9. The molecule has 4 heterocycles. The first-order valence-electron chi connectivity index (χ1n) is 11.9. The highest BCUT2D eigenvalue weighted by atomic mass is 32.1. The van der Waals surface area contributed by atoms with E-state index >= 15 is 0 Å². The van der Waals surface area contributed by atoms with Gasteiger partial charge in [0.15, 0.2) is 0 Å². The molecule has 1 aliphatic heterocycles. The maximum Gasteiger partial charge on any atom is 0.300 e. The minimum atomic E-state index is -0.833. The molecular formula is C26H28N8O2S. The van der Waals surface area contributed by atoms with Gasteiger partial charge in [0, 0.05) is 72.1 Å². The molecule has 6 rings (SSSR count). The lowest BCUT2D eigenvalue weighted by Crippen LogP contribution is -2.42. The number of H-pyrrole nitrogens is 1. The van der Waals surface area contributed by atoms with Crippen LogP contribution in [0.5, 0.6) is 0 Å². The lowest BCUT2D eigenvalue weighted by Gasteiger charge is -2.27. The van der Waals surface area contributed by atoms with E-state index < -0.39 is 5.97 Å². The smallest absolute Gasteiger partial charge is 0.300 e.